The lowest BCUT2D eigenvalue weighted by Gasteiger charge is -2.34. The third-order valence-corrected chi connectivity index (χ3v) is 3.86. The van der Waals surface area contributed by atoms with Crippen LogP contribution in [0.3, 0.4) is 0 Å². The maximum atomic E-state index is 11.1. The topological polar surface area (TPSA) is 59.9 Å². The lowest BCUT2D eigenvalue weighted by molar-refractivity contribution is 0.336. The van der Waals surface area contributed by atoms with Crippen molar-refractivity contribution in [1.29, 1.82) is 0 Å². The Morgan fingerprint density at radius 3 is 2.23 bits per heavy atom. The van der Waals surface area contributed by atoms with Gasteiger partial charge in [-0.3, -0.25) is 0 Å². The first-order valence-corrected chi connectivity index (χ1v) is 5.35. The normalized spacial score (nSPS) is 19.8. The summed E-state index contributed by atoms with van der Waals surface area (Å²) in [6, 6.07) is 1.69. The number of aromatic nitrogens is 2. The van der Waals surface area contributed by atoms with Gasteiger partial charge >= 0.3 is 0 Å². The van der Waals surface area contributed by atoms with Crippen molar-refractivity contribution in [2.24, 2.45) is 0 Å². The van der Waals surface area contributed by atoms with Gasteiger partial charge in [0.05, 0.1) is 0 Å². The number of rotatable bonds is 2. The molecule has 1 aliphatic carbocycles. The quantitative estimate of drug-likeness (QED) is 0.702. The first kappa shape index (κ1) is 8.62. The van der Waals surface area contributed by atoms with Gasteiger partial charge in [0, 0.05) is 12.4 Å². The summed E-state index contributed by atoms with van der Waals surface area (Å²) in [5.41, 5.74) is 0. The van der Waals surface area contributed by atoms with E-state index in [1.807, 2.05) is 0 Å². The summed E-state index contributed by atoms with van der Waals surface area (Å²) in [6.07, 6.45) is 5.44. The fraction of sp³-hybridized carbons (Fsp3) is 0.500. The molecule has 0 spiro atoms. The third kappa shape index (κ3) is 1.23. The van der Waals surface area contributed by atoms with Crippen LogP contribution in [0.2, 0.25) is 0 Å². The standard InChI is InChI=1S/C8H10N2O2S/c11-13(12)8(3-1-4-8)7-9-5-2-6-10-7/h2,5-6,13H,1,3-4H2. The lowest BCUT2D eigenvalue weighted by atomic mass is 9.83. The monoisotopic (exact) mass is 198 g/mol. The molecule has 1 aliphatic rings. The predicted octanol–water partition coefficient (Wildman–Crippen LogP) is 0.467. The van der Waals surface area contributed by atoms with E-state index in [0.29, 0.717) is 18.7 Å². The van der Waals surface area contributed by atoms with Crippen LogP contribution >= 0.6 is 0 Å². The van der Waals surface area contributed by atoms with E-state index < -0.39 is 15.5 Å². The largest absolute Gasteiger partial charge is 0.240 e. The minimum atomic E-state index is -2.46. The summed E-state index contributed by atoms with van der Waals surface area (Å²) in [4.78, 5) is 8.00. The zero-order valence-electron chi connectivity index (χ0n) is 7.01. The molecule has 13 heavy (non-hydrogen) atoms. The van der Waals surface area contributed by atoms with E-state index in [9.17, 15) is 8.42 Å². The van der Waals surface area contributed by atoms with Crippen molar-refractivity contribution in [2.75, 3.05) is 0 Å². The summed E-state index contributed by atoms with van der Waals surface area (Å²) in [5, 5.41) is 0. The van der Waals surface area contributed by atoms with E-state index in [-0.39, 0.29) is 0 Å². The van der Waals surface area contributed by atoms with E-state index >= 15 is 0 Å². The summed E-state index contributed by atoms with van der Waals surface area (Å²) in [6.45, 7) is 0. The molecule has 1 saturated carbocycles. The van der Waals surface area contributed by atoms with E-state index in [4.69, 9.17) is 0 Å². The average molecular weight is 198 g/mol. The highest BCUT2D eigenvalue weighted by molar-refractivity contribution is 7.73. The Kier molecular flexibility index (Phi) is 2.03. The van der Waals surface area contributed by atoms with E-state index in [1.165, 1.54) is 0 Å². The maximum absolute atomic E-state index is 11.1. The molecule has 0 unspecified atom stereocenters. The molecule has 0 amide bonds. The maximum Gasteiger partial charge on any atom is 0.153 e. The van der Waals surface area contributed by atoms with Crippen LogP contribution in [0.25, 0.3) is 0 Å². The SMILES string of the molecule is O=[SH](=O)C1(c2ncccn2)CCC1. The number of nitrogens with zero attached hydrogens (tertiary/aromatic N) is 2. The highest BCUT2D eigenvalue weighted by Crippen LogP contribution is 2.42. The Morgan fingerprint density at radius 2 is 1.85 bits per heavy atom. The van der Waals surface area contributed by atoms with Crippen molar-refractivity contribution >= 4 is 10.7 Å². The van der Waals surface area contributed by atoms with Crippen molar-refractivity contribution in [3.63, 3.8) is 0 Å². The summed E-state index contributed by atoms with van der Waals surface area (Å²) >= 11 is 0. The van der Waals surface area contributed by atoms with Crippen LogP contribution in [0.15, 0.2) is 18.5 Å². The first-order valence-electron chi connectivity index (χ1n) is 4.18. The third-order valence-electron chi connectivity index (χ3n) is 2.51. The Labute approximate surface area is 78.0 Å². The highest BCUT2D eigenvalue weighted by Gasteiger charge is 2.44. The minimum Gasteiger partial charge on any atom is -0.240 e. The molecule has 5 heteroatoms. The molecule has 0 atom stereocenters. The molecule has 2 rings (SSSR count). The van der Waals surface area contributed by atoms with Crippen LogP contribution in [0, 0.1) is 0 Å². The first-order chi connectivity index (χ1) is 6.26. The van der Waals surface area contributed by atoms with E-state index in [2.05, 4.69) is 9.97 Å². The van der Waals surface area contributed by atoms with Gasteiger partial charge in [-0.25, -0.2) is 18.4 Å². The van der Waals surface area contributed by atoms with Crippen LogP contribution in [0.4, 0.5) is 0 Å². The van der Waals surface area contributed by atoms with E-state index in [0.717, 1.165) is 6.42 Å². The van der Waals surface area contributed by atoms with Crippen LogP contribution in [0.1, 0.15) is 25.1 Å². The molecule has 0 saturated heterocycles. The number of hydrogen-bond acceptors (Lipinski definition) is 4. The van der Waals surface area contributed by atoms with Crippen molar-refractivity contribution in [3.8, 4) is 0 Å². The molecular formula is C8H10N2O2S. The fourth-order valence-electron chi connectivity index (χ4n) is 1.54. The molecule has 0 aromatic carbocycles. The molecule has 0 N–H and O–H groups in total. The molecule has 1 aromatic rings. The van der Waals surface area contributed by atoms with Gasteiger partial charge in [0.2, 0.25) is 0 Å². The second kappa shape index (κ2) is 3.06. The Balaban J connectivity index is 2.44. The van der Waals surface area contributed by atoms with E-state index in [1.54, 1.807) is 18.5 Å². The van der Waals surface area contributed by atoms with Crippen LogP contribution in [-0.4, -0.2) is 18.4 Å². The zero-order chi connectivity index (χ0) is 9.31. The van der Waals surface area contributed by atoms with Gasteiger partial charge in [0.15, 0.2) is 10.7 Å². The highest BCUT2D eigenvalue weighted by atomic mass is 32.2. The average Bonchev–Trinajstić information content (AvgIpc) is 2.03. The number of thiol groups is 1. The predicted molar refractivity (Wildman–Crippen MR) is 47.9 cm³/mol. The van der Waals surface area contributed by atoms with Crippen molar-refractivity contribution in [3.05, 3.63) is 24.3 Å². The smallest absolute Gasteiger partial charge is 0.153 e. The minimum absolute atomic E-state index is 0.456. The van der Waals surface area contributed by atoms with Gasteiger partial charge in [-0.2, -0.15) is 0 Å². The van der Waals surface area contributed by atoms with Gasteiger partial charge in [-0.05, 0) is 25.3 Å². The van der Waals surface area contributed by atoms with Crippen molar-refractivity contribution in [1.82, 2.24) is 9.97 Å². The summed E-state index contributed by atoms with van der Waals surface area (Å²) in [5.74, 6) is 0.456. The Morgan fingerprint density at radius 1 is 1.23 bits per heavy atom. The van der Waals surface area contributed by atoms with Gasteiger partial charge in [0.25, 0.3) is 0 Å². The molecule has 1 fully saturated rings. The van der Waals surface area contributed by atoms with Crippen LogP contribution in [0.5, 0.6) is 0 Å². The van der Waals surface area contributed by atoms with Crippen LogP contribution in [-0.2, 0) is 15.5 Å². The molecule has 1 heterocycles. The molecule has 0 radical (unpaired) electrons. The summed E-state index contributed by atoms with van der Waals surface area (Å²) in [7, 11) is -2.46. The lowest BCUT2D eigenvalue weighted by Crippen LogP contribution is -2.37. The van der Waals surface area contributed by atoms with Crippen molar-refractivity contribution < 1.29 is 8.42 Å². The Hall–Kier alpha value is -0.970. The van der Waals surface area contributed by atoms with Crippen molar-refractivity contribution in [2.45, 2.75) is 24.0 Å². The second-order valence-corrected chi connectivity index (χ2v) is 4.58. The van der Waals surface area contributed by atoms with Crippen LogP contribution < -0.4 is 0 Å². The second-order valence-electron chi connectivity index (χ2n) is 3.21. The number of hydrogen-bond donors (Lipinski definition) is 1. The van der Waals surface area contributed by atoms with Gasteiger partial charge in [-0.1, -0.05) is 0 Å². The molecule has 4 nitrogen and oxygen atoms in total. The van der Waals surface area contributed by atoms with Gasteiger partial charge < -0.3 is 0 Å². The molecular weight excluding hydrogens is 188 g/mol. The van der Waals surface area contributed by atoms with Gasteiger partial charge in [0.1, 0.15) is 10.6 Å². The molecule has 70 valence electrons. The Bertz CT molecular complexity index is 363. The molecule has 1 aromatic heterocycles. The zero-order valence-corrected chi connectivity index (χ0v) is 7.91. The summed E-state index contributed by atoms with van der Waals surface area (Å²) < 4.78 is 21.4. The molecule has 0 aliphatic heterocycles. The fourth-order valence-corrected chi connectivity index (χ4v) is 2.50. The van der Waals surface area contributed by atoms with Gasteiger partial charge in [-0.15, -0.1) is 0 Å². The molecule has 0 bridgehead atoms.